The van der Waals surface area contributed by atoms with Crippen molar-refractivity contribution >= 4 is 0 Å². The normalized spacial score (nSPS) is 13.6. The van der Waals surface area contributed by atoms with Gasteiger partial charge in [-0.15, -0.1) is 0 Å². The van der Waals surface area contributed by atoms with Crippen LogP contribution in [0.15, 0.2) is 0 Å². The molecule has 2 nitrogen and oxygen atoms in total. The molecule has 1 rings (SSSR count). The number of aliphatic hydroxyl groups excluding tert-OH is 1. The molecule has 70 valence electrons. The Kier molecular flexibility index (Phi) is 5.57. The molecule has 0 aromatic carbocycles. The molecule has 1 saturated heterocycles. The van der Waals surface area contributed by atoms with Gasteiger partial charge in [-0.25, -0.2) is 0 Å². The van der Waals surface area contributed by atoms with Gasteiger partial charge in [-0.3, -0.25) is 0 Å². The van der Waals surface area contributed by atoms with E-state index in [1.54, 1.807) is 0 Å². The average molecular weight is 170 g/mol. The summed E-state index contributed by atoms with van der Waals surface area (Å²) >= 11 is 0. The van der Waals surface area contributed by atoms with Gasteiger partial charge in [0.15, 0.2) is 0 Å². The Hall–Kier alpha value is -0.680. The molecule has 0 radical (unpaired) electrons. The van der Waals surface area contributed by atoms with Gasteiger partial charge in [-0.05, 0) is 20.3 Å². The van der Waals surface area contributed by atoms with E-state index in [0.29, 0.717) is 0 Å². The highest BCUT2D eigenvalue weighted by atomic mass is 16.6. The number of hydrogen-bond acceptors (Lipinski definition) is 2. The topological polar surface area (TPSA) is 32.8 Å². The Morgan fingerprint density at radius 3 is 2.17 bits per heavy atom. The average Bonchev–Trinajstić information content (AvgIpc) is 2.69. The molecule has 0 amide bonds. The SMILES string of the molecule is C1CO1.CCCC(C)(C)C#CO. The van der Waals surface area contributed by atoms with Crippen molar-refractivity contribution in [3.05, 3.63) is 0 Å². The third-order valence-electron chi connectivity index (χ3n) is 1.47. The van der Waals surface area contributed by atoms with Crippen LogP contribution < -0.4 is 0 Å². The van der Waals surface area contributed by atoms with Gasteiger partial charge >= 0.3 is 0 Å². The molecule has 0 aromatic heterocycles. The molecular weight excluding hydrogens is 152 g/mol. The lowest BCUT2D eigenvalue weighted by Gasteiger charge is -2.14. The minimum atomic E-state index is -0.0104. The van der Waals surface area contributed by atoms with Crippen molar-refractivity contribution in [2.75, 3.05) is 13.2 Å². The van der Waals surface area contributed by atoms with Crippen molar-refractivity contribution in [1.29, 1.82) is 0 Å². The zero-order valence-corrected chi connectivity index (χ0v) is 8.18. The van der Waals surface area contributed by atoms with E-state index in [1.165, 1.54) is 0 Å². The molecule has 12 heavy (non-hydrogen) atoms. The lowest BCUT2D eigenvalue weighted by molar-refractivity contribution is 0.440. The maximum Gasteiger partial charge on any atom is 0.108 e. The van der Waals surface area contributed by atoms with Crippen molar-refractivity contribution < 1.29 is 9.84 Å². The molecule has 0 unspecified atom stereocenters. The van der Waals surface area contributed by atoms with Crippen molar-refractivity contribution in [3.63, 3.8) is 0 Å². The fourth-order valence-corrected chi connectivity index (χ4v) is 0.839. The lowest BCUT2D eigenvalue weighted by Crippen LogP contribution is -2.06. The first kappa shape index (κ1) is 11.3. The molecule has 0 saturated carbocycles. The van der Waals surface area contributed by atoms with Crippen LogP contribution in [0.1, 0.15) is 33.6 Å². The van der Waals surface area contributed by atoms with E-state index in [4.69, 9.17) is 5.11 Å². The van der Waals surface area contributed by atoms with E-state index in [1.807, 2.05) is 20.0 Å². The molecule has 2 heteroatoms. The summed E-state index contributed by atoms with van der Waals surface area (Å²) in [4.78, 5) is 0. The van der Waals surface area contributed by atoms with Gasteiger partial charge < -0.3 is 9.84 Å². The summed E-state index contributed by atoms with van der Waals surface area (Å²) in [5, 5.41) is 8.27. The second-order valence-electron chi connectivity index (χ2n) is 3.48. The summed E-state index contributed by atoms with van der Waals surface area (Å²) in [6, 6.07) is 0. The summed E-state index contributed by atoms with van der Waals surface area (Å²) in [6.07, 6.45) is 4.10. The predicted molar refractivity (Wildman–Crippen MR) is 49.2 cm³/mol. The van der Waals surface area contributed by atoms with Gasteiger partial charge in [0.05, 0.1) is 13.2 Å². The van der Waals surface area contributed by atoms with Crippen LogP contribution in [-0.4, -0.2) is 18.3 Å². The Balaban J connectivity index is 0.000000330. The van der Waals surface area contributed by atoms with Crippen LogP contribution in [0.3, 0.4) is 0 Å². The first-order valence-electron chi connectivity index (χ1n) is 4.36. The zero-order valence-electron chi connectivity index (χ0n) is 8.18. The van der Waals surface area contributed by atoms with Gasteiger partial charge in [-0.1, -0.05) is 19.3 Å². The molecule has 1 N–H and O–H groups in total. The second kappa shape index (κ2) is 5.91. The summed E-state index contributed by atoms with van der Waals surface area (Å²) in [7, 11) is 0. The van der Waals surface area contributed by atoms with Crippen LogP contribution in [0, 0.1) is 17.4 Å². The van der Waals surface area contributed by atoms with E-state index < -0.39 is 0 Å². The van der Waals surface area contributed by atoms with Crippen molar-refractivity contribution in [3.8, 4) is 12.0 Å². The van der Waals surface area contributed by atoms with Crippen LogP contribution in [0.2, 0.25) is 0 Å². The number of aliphatic hydroxyl groups is 1. The molecule has 1 aliphatic heterocycles. The van der Waals surface area contributed by atoms with Gasteiger partial charge in [-0.2, -0.15) is 0 Å². The summed E-state index contributed by atoms with van der Waals surface area (Å²) in [5.41, 5.74) is -0.0104. The van der Waals surface area contributed by atoms with Gasteiger partial charge in [0.25, 0.3) is 0 Å². The number of epoxide rings is 1. The first-order valence-corrected chi connectivity index (χ1v) is 4.36. The third-order valence-corrected chi connectivity index (χ3v) is 1.47. The van der Waals surface area contributed by atoms with Crippen LogP contribution in [-0.2, 0) is 4.74 Å². The number of rotatable bonds is 2. The van der Waals surface area contributed by atoms with Crippen molar-refractivity contribution in [1.82, 2.24) is 0 Å². The number of hydrogen-bond donors (Lipinski definition) is 1. The summed E-state index contributed by atoms with van der Waals surface area (Å²) in [6.45, 7) is 8.17. The molecule has 1 heterocycles. The third kappa shape index (κ3) is 9.32. The van der Waals surface area contributed by atoms with E-state index in [2.05, 4.69) is 17.6 Å². The molecule has 0 bridgehead atoms. The molecule has 0 aliphatic carbocycles. The van der Waals surface area contributed by atoms with E-state index >= 15 is 0 Å². The molecule has 0 atom stereocenters. The van der Waals surface area contributed by atoms with Crippen molar-refractivity contribution in [2.45, 2.75) is 33.6 Å². The zero-order chi connectivity index (χ0) is 9.45. The van der Waals surface area contributed by atoms with Crippen LogP contribution in [0.25, 0.3) is 0 Å². The van der Waals surface area contributed by atoms with Crippen LogP contribution in [0.4, 0.5) is 0 Å². The minimum absolute atomic E-state index is 0.0104. The fraction of sp³-hybridized carbons (Fsp3) is 0.800. The van der Waals surface area contributed by atoms with Crippen LogP contribution >= 0.6 is 0 Å². The van der Waals surface area contributed by atoms with E-state index in [-0.39, 0.29) is 5.41 Å². The molecular formula is C10H18O2. The van der Waals surface area contributed by atoms with Gasteiger partial charge in [0.2, 0.25) is 0 Å². The smallest absolute Gasteiger partial charge is 0.108 e. The maximum absolute atomic E-state index is 8.27. The molecule has 1 aliphatic rings. The summed E-state index contributed by atoms with van der Waals surface area (Å²) < 4.78 is 4.50. The highest BCUT2D eigenvalue weighted by molar-refractivity contribution is 5.03. The molecule has 1 fully saturated rings. The quantitative estimate of drug-likeness (QED) is 0.509. The standard InChI is InChI=1S/C8H14O.C2H4O/c1-4-5-8(2,3)6-7-9;1-2-3-1/h9H,4-5H2,1-3H3;1-2H2. The maximum atomic E-state index is 8.27. The molecule has 0 aromatic rings. The van der Waals surface area contributed by atoms with E-state index in [0.717, 1.165) is 26.1 Å². The van der Waals surface area contributed by atoms with Gasteiger partial charge in [0, 0.05) is 5.41 Å². The Labute approximate surface area is 74.9 Å². The van der Waals surface area contributed by atoms with Gasteiger partial charge in [0.1, 0.15) is 6.11 Å². The van der Waals surface area contributed by atoms with Crippen molar-refractivity contribution in [2.24, 2.45) is 5.41 Å². The molecule has 0 spiro atoms. The highest BCUT2D eigenvalue weighted by Gasteiger charge is 2.11. The number of ether oxygens (including phenoxy) is 1. The highest BCUT2D eigenvalue weighted by Crippen LogP contribution is 2.19. The Bertz CT molecular complexity index is 158. The fourth-order valence-electron chi connectivity index (χ4n) is 0.839. The summed E-state index contributed by atoms with van der Waals surface area (Å²) in [5.74, 6) is 2.73. The van der Waals surface area contributed by atoms with Crippen LogP contribution in [0.5, 0.6) is 0 Å². The largest absolute Gasteiger partial charge is 0.462 e. The monoisotopic (exact) mass is 170 g/mol. The first-order chi connectivity index (χ1) is 5.62. The Morgan fingerprint density at radius 1 is 1.42 bits per heavy atom. The minimum Gasteiger partial charge on any atom is -0.462 e. The second-order valence-corrected chi connectivity index (χ2v) is 3.48. The Morgan fingerprint density at radius 2 is 1.92 bits per heavy atom. The lowest BCUT2D eigenvalue weighted by atomic mass is 9.89. The van der Waals surface area contributed by atoms with E-state index in [9.17, 15) is 0 Å². The predicted octanol–water partition coefficient (Wildman–Crippen LogP) is 2.16.